The molecule has 0 fully saturated rings. The summed E-state index contributed by atoms with van der Waals surface area (Å²) in [6.07, 6.45) is 2.37. The van der Waals surface area contributed by atoms with Crippen LogP contribution in [0, 0.1) is 0 Å². The van der Waals surface area contributed by atoms with Gasteiger partial charge in [0.05, 0.1) is 29.6 Å². The Kier molecular flexibility index (Phi) is 4.41. The molecule has 3 aromatic rings. The summed E-state index contributed by atoms with van der Waals surface area (Å²) < 4.78 is 29.9. The maximum absolute atomic E-state index is 11.8. The molecule has 3 rings (SSSR count). The van der Waals surface area contributed by atoms with Crippen LogP contribution in [0.15, 0.2) is 70.5 Å². The number of benzene rings is 2. The van der Waals surface area contributed by atoms with Crippen molar-refractivity contribution in [3.05, 3.63) is 71.0 Å². The van der Waals surface area contributed by atoms with Gasteiger partial charge in [-0.15, -0.1) is 0 Å². The predicted molar refractivity (Wildman–Crippen MR) is 94.9 cm³/mol. The van der Waals surface area contributed by atoms with E-state index in [1.807, 2.05) is 12.1 Å². The Bertz CT molecular complexity index is 1050. The molecule has 6 nitrogen and oxygen atoms in total. The summed E-state index contributed by atoms with van der Waals surface area (Å²) in [5.74, 6) is 0.707. The molecule has 1 aromatic heterocycles. The molecule has 0 bridgehead atoms. The Hall–Kier alpha value is -2.93. The fourth-order valence-corrected chi connectivity index (χ4v) is 3.05. The molecule has 0 N–H and O–H groups in total. The first-order valence-electron chi connectivity index (χ1n) is 7.43. The number of sulfone groups is 1. The minimum Gasteiger partial charge on any atom is -0.497 e. The molecular formula is C18H16N2O4S. The van der Waals surface area contributed by atoms with E-state index >= 15 is 0 Å². The second-order valence-corrected chi connectivity index (χ2v) is 7.50. The molecular weight excluding hydrogens is 340 g/mol. The minimum atomic E-state index is -3.27. The van der Waals surface area contributed by atoms with Crippen molar-refractivity contribution in [1.29, 1.82) is 0 Å². The van der Waals surface area contributed by atoms with Gasteiger partial charge in [0.25, 0.3) is 0 Å². The molecule has 0 saturated heterocycles. The van der Waals surface area contributed by atoms with Crippen LogP contribution in [-0.4, -0.2) is 31.6 Å². The number of hydrogen-bond acceptors (Lipinski definition) is 5. The molecule has 1 heterocycles. The molecule has 0 aliphatic heterocycles. The third-order valence-corrected chi connectivity index (χ3v) is 4.83. The lowest BCUT2D eigenvalue weighted by Crippen LogP contribution is -2.11. The summed E-state index contributed by atoms with van der Waals surface area (Å²) >= 11 is 0. The summed E-state index contributed by atoms with van der Waals surface area (Å²) in [7, 11) is -1.69. The zero-order valence-corrected chi connectivity index (χ0v) is 14.5. The van der Waals surface area contributed by atoms with E-state index in [9.17, 15) is 13.2 Å². The van der Waals surface area contributed by atoms with Crippen molar-refractivity contribution in [3.8, 4) is 22.7 Å². The summed E-state index contributed by atoms with van der Waals surface area (Å²) in [6.45, 7) is 0. The van der Waals surface area contributed by atoms with Crippen molar-refractivity contribution < 1.29 is 13.2 Å². The molecule has 0 spiro atoms. The Morgan fingerprint density at radius 3 is 2.20 bits per heavy atom. The van der Waals surface area contributed by atoms with Gasteiger partial charge in [0.2, 0.25) is 5.43 Å². The smallest absolute Gasteiger partial charge is 0.200 e. The van der Waals surface area contributed by atoms with Crippen LogP contribution < -0.4 is 10.2 Å². The van der Waals surface area contributed by atoms with Crippen LogP contribution in [-0.2, 0) is 9.84 Å². The highest BCUT2D eigenvalue weighted by atomic mass is 32.2. The average Bonchev–Trinajstić information content (AvgIpc) is 2.61. The number of hydrogen-bond donors (Lipinski definition) is 0. The Morgan fingerprint density at radius 2 is 1.64 bits per heavy atom. The number of ether oxygens (including phenoxy) is 1. The average molecular weight is 356 g/mol. The molecule has 0 unspecified atom stereocenters. The van der Waals surface area contributed by atoms with Crippen LogP contribution in [0.2, 0.25) is 0 Å². The van der Waals surface area contributed by atoms with Crippen LogP contribution in [0.1, 0.15) is 0 Å². The molecule has 0 saturated carbocycles. The molecule has 128 valence electrons. The molecule has 0 aliphatic carbocycles. The van der Waals surface area contributed by atoms with Crippen LogP contribution in [0.5, 0.6) is 5.75 Å². The zero-order chi connectivity index (χ0) is 18.0. The first-order valence-corrected chi connectivity index (χ1v) is 9.32. The van der Waals surface area contributed by atoms with Gasteiger partial charge in [-0.1, -0.05) is 0 Å². The second kappa shape index (κ2) is 6.52. The Balaban J connectivity index is 2.12. The van der Waals surface area contributed by atoms with Gasteiger partial charge in [0, 0.05) is 17.9 Å². The van der Waals surface area contributed by atoms with Crippen molar-refractivity contribution in [2.75, 3.05) is 13.4 Å². The topological polar surface area (TPSA) is 78.3 Å². The predicted octanol–water partition coefficient (Wildman–Crippen LogP) is 2.31. The zero-order valence-electron chi connectivity index (χ0n) is 13.7. The van der Waals surface area contributed by atoms with Gasteiger partial charge in [-0.25, -0.2) is 13.1 Å². The van der Waals surface area contributed by atoms with Crippen molar-refractivity contribution in [1.82, 2.24) is 9.78 Å². The van der Waals surface area contributed by atoms with E-state index in [0.717, 1.165) is 11.8 Å². The number of nitrogens with zero attached hydrogens (tertiary/aromatic N) is 2. The highest BCUT2D eigenvalue weighted by Gasteiger charge is 2.10. The molecule has 2 aromatic carbocycles. The van der Waals surface area contributed by atoms with Gasteiger partial charge >= 0.3 is 0 Å². The van der Waals surface area contributed by atoms with Gasteiger partial charge < -0.3 is 4.74 Å². The fraction of sp³-hybridized carbons (Fsp3) is 0.111. The SMILES string of the molecule is COc1ccc(-c2cc(=O)cnn2-c2ccc(S(C)(=O)=O)cc2)cc1. The van der Waals surface area contributed by atoms with Crippen LogP contribution in [0.25, 0.3) is 16.9 Å². The highest BCUT2D eigenvalue weighted by Crippen LogP contribution is 2.23. The van der Waals surface area contributed by atoms with E-state index in [1.165, 1.54) is 24.4 Å². The second-order valence-electron chi connectivity index (χ2n) is 5.48. The van der Waals surface area contributed by atoms with E-state index in [2.05, 4.69) is 5.10 Å². The molecule has 0 atom stereocenters. The maximum atomic E-state index is 11.8. The number of rotatable bonds is 4. The van der Waals surface area contributed by atoms with Gasteiger partial charge in [-0.05, 0) is 48.5 Å². The normalized spacial score (nSPS) is 11.3. The van der Waals surface area contributed by atoms with Crippen LogP contribution in [0.4, 0.5) is 0 Å². The third kappa shape index (κ3) is 3.61. The largest absolute Gasteiger partial charge is 0.497 e. The number of methoxy groups -OCH3 is 1. The van der Waals surface area contributed by atoms with Gasteiger partial charge in [0.15, 0.2) is 9.84 Å². The quantitative estimate of drug-likeness (QED) is 0.717. The van der Waals surface area contributed by atoms with E-state index in [4.69, 9.17) is 4.74 Å². The van der Waals surface area contributed by atoms with E-state index in [0.29, 0.717) is 17.1 Å². The molecule has 7 heteroatoms. The van der Waals surface area contributed by atoms with Crippen LogP contribution in [0.3, 0.4) is 0 Å². The van der Waals surface area contributed by atoms with E-state index in [1.54, 1.807) is 36.1 Å². The lowest BCUT2D eigenvalue weighted by molar-refractivity contribution is 0.415. The lowest BCUT2D eigenvalue weighted by atomic mass is 10.1. The van der Waals surface area contributed by atoms with E-state index < -0.39 is 9.84 Å². The highest BCUT2D eigenvalue weighted by molar-refractivity contribution is 7.90. The van der Waals surface area contributed by atoms with E-state index in [-0.39, 0.29) is 10.3 Å². The van der Waals surface area contributed by atoms with Crippen LogP contribution >= 0.6 is 0 Å². The molecule has 0 aliphatic rings. The third-order valence-electron chi connectivity index (χ3n) is 3.70. The Morgan fingerprint density at radius 1 is 1.00 bits per heavy atom. The van der Waals surface area contributed by atoms with Gasteiger partial charge in [-0.3, -0.25) is 4.79 Å². The molecule has 0 radical (unpaired) electrons. The summed E-state index contributed by atoms with van der Waals surface area (Å²) in [4.78, 5) is 12.0. The molecule has 25 heavy (non-hydrogen) atoms. The molecule has 0 amide bonds. The lowest BCUT2D eigenvalue weighted by Gasteiger charge is -2.13. The first-order chi connectivity index (χ1) is 11.9. The standard InChI is InChI=1S/C18H16N2O4S/c1-24-16-7-3-13(4-8-16)18-11-15(21)12-19-20(18)14-5-9-17(10-6-14)25(2,22)23/h3-12H,1-2H3. The van der Waals surface area contributed by atoms with Crippen molar-refractivity contribution in [3.63, 3.8) is 0 Å². The van der Waals surface area contributed by atoms with Crippen molar-refractivity contribution in [2.24, 2.45) is 0 Å². The van der Waals surface area contributed by atoms with Gasteiger partial charge in [-0.2, -0.15) is 5.10 Å². The summed E-state index contributed by atoms with van der Waals surface area (Å²) in [5.41, 5.74) is 1.83. The maximum Gasteiger partial charge on any atom is 0.200 e. The minimum absolute atomic E-state index is 0.213. The summed E-state index contributed by atoms with van der Waals surface area (Å²) in [6, 6.07) is 15.1. The fourth-order valence-electron chi connectivity index (χ4n) is 2.42. The summed E-state index contributed by atoms with van der Waals surface area (Å²) in [5, 5.41) is 4.18. The first kappa shape index (κ1) is 16.9. The van der Waals surface area contributed by atoms with Crippen molar-refractivity contribution >= 4 is 9.84 Å². The monoisotopic (exact) mass is 356 g/mol. The van der Waals surface area contributed by atoms with Gasteiger partial charge in [0.1, 0.15) is 5.75 Å². The number of aromatic nitrogens is 2. The Labute approximate surface area is 145 Å². The van der Waals surface area contributed by atoms with Crippen molar-refractivity contribution in [2.45, 2.75) is 4.90 Å².